The summed E-state index contributed by atoms with van der Waals surface area (Å²) in [6.07, 6.45) is 2.68. The van der Waals surface area contributed by atoms with Crippen LogP contribution in [0.2, 0.25) is 0 Å². The van der Waals surface area contributed by atoms with Crippen molar-refractivity contribution in [1.29, 1.82) is 0 Å². The Bertz CT molecular complexity index is 348. The lowest BCUT2D eigenvalue weighted by atomic mass is 10.2. The molecule has 1 unspecified atom stereocenters. The maximum Gasteiger partial charge on any atom is 0.0331 e. The molecule has 2 heterocycles. The van der Waals surface area contributed by atoms with Crippen LogP contribution in [0.4, 0.5) is 0 Å². The molecule has 1 aromatic rings. The molecule has 0 bridgehead atoms. The highest BCUT2D eigenvalue weighted by Crippen LogP contribution is 2.24. The van der Waals surface area contributed by atoms with E-state index >= 15 is 0 Å². The van der Waals surface area contributed by atoms with Crippen molar-refractivity contribution in [2.24, 2.45) is 5.73 Å². The number of thiophene rings is 1. The molecule has 2 rings (SSSR count). The van der Waals surface area contributed by atoms with Gasteiger partial charge in [0.1, 0.15) is 0 Å². The van der Waals surface area contributed by atoms with Crippen LogP contribution in [0.25, 0.3) is 0 Å². The predicted molar refractivity (Wildman–Crippen MR) is 74.2 cm³/mol. The second kappa shape index (κ2) is 5.96. The molecule has 1 atom stereocenters. The second-order valence-electron chi connectivity index (χ2n) is 5.10. The van der Waals surface area contributed by atoms with E-state index in [1.807, 2.05) is 11.3 Å². The van der Waals surface area contributed by atoms with Gasteiger partial charge in [-0.2, -0.15) is 0 Å². The fourth-order valence-electron chi connectivity index (χ4n) is 2.55. The topological polar surface area (TPSA) is 32.5 Å². The number of nitrogens with two attached hydrogens (primary N) is 1. The standard InChI is InChI=1S/C13H23N3S/c1-15(2)9-11-4-3-7-16(11)10-13-6-5-12(8-14)17-13/h5-6,11H,3-4,7-10,14H2,1-2H3. The largest absolute Gasteiger partial charge is 0.326 e. The number of hydrogen-bond acceptors (Lipinski definition) is 4. The highest BCUT2D eigenvalue weighted by atomic mass is 32.1. The third-order valence-electron chi connectivity index (χ3n) is 3.35. The van der Waals surface area contributed by atoms with Gasteiger partial charge in [-0.1, -0.05) is 0 Å². The van der Waals surface area contributed by atoms with Gasteiger partial charge in [-0.15, -0.1) is 11.3 Å². The normalized spacial score (nSPS) is 21.5. The van der Waals surface area contributed by atoms with E-state index in [0.29, 0.717) is 6.54 Å². The molecular weight excluding hydrogens is 230 g/mol. The van der Waals surface area contributed by atoms with Gasteiger partial charge in [-0.25, -0.2) is 0 Å². The SMILES string of the molecule is CN(C)CC1CCCN1Cc1ccc(CN)s1. The summed E-state index contributed by atoms with van der Waals surface area (Å²) in [6.45, 7) is 4.19. The molecule has 0 amide bonds. The van der Waals surface area contributed by atoms with Gasteiger partial charge < -0.3 is 10.6 Å². The average Bonchev–Trinajstić information content (AvgIpc) is 2.89. The molecule has 1 saturated heterocycles. The third-order valence-corrected chi connectivity index (χ3v) is 4.44. The second-order valence-corrected chi connectivity index (χ2v) is 6.35. The number of nitrogens with zero attached hydrogens (tertiary/aromatic N) is 2. The van der Waals surface area contributed by atoms with Gasteiger partial charge >= 0.3 is 0 Å². The van der Waals surface area contributed by atoms with Crippen LogP contribution in [0.5, 0.6) is 0 Å². The smallest absolute Gasteiger partial charge is 0.0331 e. The molecule has 0 radical (unpaired) electrons. The van der Waals surface area contributed by atoms with Crippen molar-refractivity contribution in [3.8, 4) is 0 Å². The fraction of sp³-hybridized carbons (Fsp3) is 0.692. The van der Waals surface area contributed by atoms with E-state index in [2.05, 4.69) is 36.0 Å². The van der Waals surface area contributed by atoms with Crippen LogP contribution < -0.4 is 5.73 Å². The Kier molecular flexibility index (Phi) is 4.56. The van der Waals surface area contributed by atoms with Gasteiger partial charge in [-0.05, 0) is 45.6 Å². The molecule has 96 valence electrons. The zero-order valence-electron chi connectivity index (χ0n) is 10.9. The minimum absolute atomic E-state index is 0.672. The van der Waals surface area contributed by atoms with Crippen molar-refractivity contribution < 1.29 is 0 Å². The first kappa shape index (κ1) is 13.0. The number of rotatable bonds is 5. The lowest BCUT2D eigenvalue weighted by Gasteiger charge is -2.26. The van der Waals surface area contributed by atoms with E-state index in [-0.39, 0.29) is 0 Å². The predicted octanol–water partition coefficient (Wildman–Crippen LogP) is 1.73. The zero-order valence-corrected chi connectivity index (χ0v) is 11.7. The molecule has 1 aromatic heterocycles. The molecule has 1 aliphatic heterocycles. The molecule has 0 aromatic carbocycles. The van der Waals surface area contributed by atoms with Gasteiger partial charge in [0.25, 0.3) is 0 Å². The molecule has 0 spiro atoms. The van der Waals surface area contributed by atoms with Crippen LogP contribution in [0.3, 0.4) is 0 Å². The monoisotopic (exact) mass is 253 g/mol. The lowest BCUT2D eigenvalue weighted by Crippen LogP contribution is -2.36. The van der Waals surface area contributed by atoms with Crippen LogP contribution in [0, 0.1) is 0 Å². The van der Waals surface area contributed by atoms with Gasteiger partial charge in [0, 0.05) is 35.4 Å². The molecule has 4 heteroatoms. The summed E-state index contributed by atoms with van der Waals surface area (Å²) in [5.74, 6) is 0. The van der Waals surface area contributed by atoms with Crippen LogP contribution >= 0.6 is 11.3 Å². The number of likely N-dealkylation sites (N-methyl/N-ethyl adjacent to an activating group) is 1. The Labute approximate surface area is 108 Å². The minimum Gasteiger partial charge on any atom is -0.326 e. The Hall–Kier alpha value is -0.420. The molecular formula is C13H23N3S. The fourth-order valence-corrected chi connectivity index (χ4v) is 3.47. The van der Waals surface area contributed by atoms with Gasteiger partial charge in [0.2, 0.25) is 0 Å². The maximum absolute atomic E-state index is 5.65. The first-order valence-electron chi connectivity index (χ1n) is 6.35. The number of likely N-dealkylation sites (tertiary alicyclic amines) is 1. The summed E-state index contributed by atoms with van der Waals surface area (Å²) >= 11 is 1.86. The molecule has 1 aliphatic rings. The van der Waals surface area contributed by atoms with Gasteiger partial charge in [0.15, 0.2) is 0 Å². The van der Waals surface area contributed by atoms with E-state index in [9.17, 15) is 0 Å². The molecule has 0 saturated carbocycles. The van der Waals surface area contributed by atoms with Crippen LogP contribution in [-0.2, 0) is 13.1 Å². The molecule has 1 fully saturated rings. The summed E-state index contributed by atoms with van der Waals surface area (Å²) in [5, 5.41) is 0. The molecule has 3 nitrogen and oxygen atoms in total. The van der Waals surface area contributed by atoms with E-state index in [1.54, 1.807) is 0 Å². The highest BCUT2D eigenvalue weighted by Gasteiger charge is 2.25. The van der Waals surface area contributed by atoms with E-state index in [4.69, 9.17) is 5.73 Å². The minimum atomic E-state index is 0.672. The van der Waals surface area contributed by atoms with Gasteiger partial charge in [-0.3, -0.25) is 4.90 Å². The van der Waals surface area contributed by atoms with Crippen molar-refractivity contribution in [2.45, 2.75) is 32.0 Å². The summed E-state index contributed by atoms with van der Waals surface area (Å²) in [4.78, 5) is 7.66. The van der Waals surface area contributed by atoms with Gasteiger partial charge in [0.05, 0.1) is 0 Å². The summed E-state index contributed by atoms with van der Waals surface area (Å²) in [6, 6.07) is 5.13. The molecule has 2 N–H and O–H groups in total. The van der Waals surface area contributed by atoms with E-state index < -0.39 is 0 Å². The van der Waals surface area contributed by atoms with E-state index in [0.717, 1.165) is 12.6 Å². The summed E-state index contributed by atoms with van der Waals surface area (Å²) in [5.41, 5.74) is 5.65. The zero-order chi connectivity index (χ0) is 12.3. The lowest BCUT2D eigenvalue weighted by molar-refractivity contribution is 0.202. The number of hydrogen-bond donors (Lipinski definition) is 1. The first-order valence-corrected chi connectivity index (χ1v) is 7.17. The molecule has 0 aliphatic carbocycles. The summed E-state index contributed by atoms with van der Waals surface area (Å²) < 4.78 is 0. The Morgan fingerprint density at radius 3 is 2.82 bits per heavy atom. The van der Waals surface area contributed by atoms with Crippen molar-refractivity contribution in [3.63, 3.8) is 0 Å². The third kappa shape index (κ3) is 3.52. The van der Waals surface area contributed by atoms with Crippen LogP contribution in [-0.4, -0.2) is 43.0 Å². The highest BCUT2D eigenvalue weighted by molar-refractivity contribution is 7.11. The van der Waals surface area contributed by atoms with Crippen molar-refractivity contribution >= 4 is 11.3 Å². The van der Waals surface area contributed by atoms with Crippen LogP contribution in [0.1, 0.15) is 22.6 Å². The van der Waals surface area contributed by atoms with Crippen molar-refractivity contribution in [1.82, 2.24) is 9.80 Å². The Morgan fingerprint density at radius 2 is 2.18 bits per heavy atom. The Balaban J connectivity index is 1.92. The van der Waals surface area contributed by atoms with E-state index in [1.165, 1.54) is 35.7 Å². The van der Waals surface area contributed by atoms with Crippen molar-refractivity contribution in [3.05, 3.63) is 21.9 Å². The average molecular weight is 253 g/mol. The first-order chi connectivity index (χ1) is 8.19. The van der Waals surface area contributed by atoms with Crippen molar-refractivity contribution in [2.75, 3.05) is 27.2 Å². The quantitative estimate of drug-likeness (QED) is 0.867. The Morgan fingerprint density at radius 1 is 1.41 bits per heavy atom. The van der Waals surface area contributed by atoms with Crippen LogP contribution in [0.15, 0.2) is 12.1 Å². The maximum atomic E-state index is 5.65. The summed E-state index contributed by atoms with van der Waals surface area (Å²) in [7, 11) is 4.32. The molecule has 17 heavy (non-hydrogen) atoms.